The van der Waals surface area contributed by atoms with Crippen LogP contribution in [-0.4, -0.2) is 35.2 Å². The minimum Gasteiger partial charge on any atom is -0.497 e. The number of carbonyl (C=O) groups is 2. The number of fused-ring (bicyclic) bond motifs is 1. The number of nitrogens with one attached hydrogen (secondary N) is 1. The van der Waals surface area contributed by atoms with Gasteiger partial charge in [-0.05, 0) is 67.8 Å². The van der Waals surface area contributed by atoms with Crippen LogP contribution in [-0.2, 0) is 4.79 Å². The highest BCUT2D eigenvalue weighted by atomic mass is 19.1. The summed E-state index contributed by atoms with van der Waals surface area (Å²) in [5, 5.41) is 6.98. The monoisotopic (exact) mass is 436 g/mol. The van der Waals surface area contributed by atoms with Gasteiger partial charge in [0.25, 0.3) is 0 Å². The largest absolute Gasteiger partial charge is 0.497 e. The van der Waals surface area contributed by atoms with E-state index in [0.717, 1.165) is 0 Å². The van der Waals surface area contributed by atoms with Crippen molar-refractivity contribution in [2.45, 2.75) is 31.2 Å². The molecule has 2 heterocycles. The van der Waals surface area contributed by atoms with Crippen LogP contribution in [0.15, 0.2) is 53.1 Å². The van der Waals surface area contributed by atoms with E-state index < -0.39 is 6.03 Å². The van der Waals surface area contributed by atoms with Crippen LogP contribution in [0.25, 0.3) is 11.4 Å². The molecule has 1 aliphatic carbocycles. The molecule has 2 fully saturated rings. The topological polar surface area (TPSA) is 97.6 Å². The van der Waals surface area contributed by atoms with Crippen LogP contribution in [0.5, 0.6) is 5.75 Å². The summed E-state index contributed by atoms with van der Waals surface area (Å²) in [5.41, 5.74) is 1.17. The third-order valence-electron chi connectivity index (χ3n) is 6.12. The highest BCUT2D eigenvalue weighted by Gasteiger charge is 2.45. The number of nitrogens with zero attached hydrogens (tertiary/aromatic N) is 3. The van der Waals surface area contributed by atoms with E-state index in [0.29, 0.717) is 48.0 Å². The SMILES string of the molecule is COc1ccc(N2C(=O)NC3CC(c4nc(-c5ccc(F)cc5)no4)CCC3C2=O)cc1. The molecule has 8 nitrogen and oxygen atoms in total. The Hall–Kier alpha value is -3.75. The number of aromatic nitrogens is 2. The van der Waals surface area contributed by atoms with E-state index in [4.69, 9.17) is 9.26 Å². The van der Waals surface area contributed by atoms with Crippen LogP contribution < -0.4 is 15.0 Å². The smallest absolute Gasteiger partial charge is 0.328 e. The first kappa shape index (κ1) is 20.2. The molecular formula is C23H21FN4O4. The predicted octanol–water partition coefficient (Wildman–Crippen LogP) is 3.89. The standard InChI is InChI=1S/C23H21FN4O4/c1-31-17-9-7-16(8-10-17)28-22(29)18-11-4-14(12-19(18)25-23(28)30)21-26-20(27-32-21)13-2-5-15(24)6-3-13/h2-3,5-10,14,18-19H,4,11-12H2,1H3,(H,25,30). The summed E-state index contributed by atoms with van der Waals surface area (Å²) in [6.45, 7) is 0. The first-order valence-electron chi connectivity index (χ1n) is 10.4. The molecule has 1 aliphatic heterocycles. The molecule has 1 saturated heterocycles. The number of methoxy groups -OCH3 is 1. The molecule has 1 aromatic heterocycles. The van der Waals surface area contributed by atoms with Gasteiger partial charge >= 0.3 is 6.03 Å². The van der Waals surface area contributed by atoms with Crippen molar-refractivity contribution in [3.63, 3.8) is 0 Å². The molecule has 3 atom stereocenters. The van der Waals surface area contributed by atoms with Crippen LogP contribution in [0, 0.1) is 11.7 Å². The maximum atomic E-state index is 13.2. The average Bonchev–Trinajstić information content (AvgIpc) is 3.30. The van der Waals surface area contributed by atoms with Gasteiger partial charge in [0.05, 0.1) is 18.7 Å². The lowest BCUT2D eigenvalue weighted by atomic mass is 9.76. The van der Waals surface area contributed by atoms with Gasteiger partial charge in [-0.15, -0.1) is 0 Å². The zero-order valence-electron chi connectivity index (χ0n) is 17.3. The lowest BCUT2D eigenvalue weighted by Crippen LogP contribution is -2.61. The Morgan fingerprint density at radius 1 is 1.09 bits per heavy atom. The Kier molecular flexibility index (Phi) is 5.08. The number of hydrogen-bond donors (Lipinski definition) is 1. The average molecular weight is 436 g/mol. The Morgan fingerprint density at radius 3 is 2.56 bits per heavy atom. The number of imide groups is 1. The lowest BCUT2D eigenvalue weighted by Gasteiger charge is -2.41. The number of urea groups is 1. The summed E-state index contributed by atoms with van der Waals surface area (Å²) in [6, 6.07) is 11.9. The van der Waals surface area contributed by atoms with Gasteiger partial charge in [-0.25, -0.2) is 14.1 Å². The van der Waals surface area contributed by atoms with Crippen molar-refractivity contribution in [3.05, 3.63) is 60.2 Å². The summed E-state index contributed by atoms with van der Waals surface area (Å²) in [7, 11) is 1.56. The van der Waals surface area contributed by atoms with Crippen molar-refractivity contribution >= 4 is 17.6 Å². The van der Waals surface area contributed by atoms with E-state index in [2.05, 4.69) is 15.5 Å². The molecule has 2 aliphatic rings. The number of ether oxygens (including phenoxy) is 1. The molecule has 3 aromatic rings. The Balaban J connectivity index is 1.31. The molecule has 0 spiro atoms. The summed E-state index contributed by atoms with van der Waals surface area (Å²) in [5.74, 6) is 0.566. The lowest BCUT2D eigenvalue weighted by molar-refractivity contribution is -0.124. The summed E-state index contributed by atoms with van der Waals surface area (Å²) in [6.07, 6.45) is 1.81. The zero-order valence-corrected chi connectivity index (χ0v) is 17.3. The van der Waals surface area contributed by atoms with Gasteiger partial charge in [-0.1, -0.05) is 5.16 Å². The second-order valence-electron chi connectivity index (χ2n) is 8.01. The van der Waals surface area contributed by atoms with Crippen molar-refractivity contribution in [2.75, 3.05) is 12.0 Å². The van der Waals surface area contributed by atoms with Crippen molar-refractivity contribution in [2.24, 2.45) is 5.92 Å². The van der Waals surface area contributed by atoms with Gasteiger partial charge in [0.15, 0.2) is 0 Å². The normalized spacial score (nSPS) is 22.9. The van der Waals surface area contributed by atoms with Gasteiger partial charge in [0, 0.05) is 17.5 Å². The molecule has 32 heavy (non-hydrogen) atoms. The van der Waals surface area contributed by atoms with Crippen LogP contribution >= 0.6 is 0 Å². The molecule has 0 radical (unpaired) electrons. The third-order valence-corrected chi connectivity index (χ3v) is 6.12. The third kappa shape index (κ3) is 3.59. The minimum absolute atomic E-state index is 0.0708. The van der Waals surface area contributed by atoms with E-state index in [-0.39, 0.29) is 29.6 Å². The highest BCUT2D eigenvalue weighted by molar-refractivity contribution is 6.17. The van der Waals surface area contributed by atoms with Gasteiger partial charge in [0.2, 0.25) is 17.6 Å². The first-order chi connectivity index (χ1) is 15.5. The Morgan fingerprint density at radius 2 is 1.84 bits per heavy atom. The molecule has 5 rings (SSSR count). The molecule has 2 aromatic carbocycles. The molecule has 1 N–H and O–H groups in total. The fraction of sp³-hybridized carbons (Fsp3) is 0.304. The van der Waals surface area contributed by atoms with Crippen LogP contribution in [0.2, 0.25) is 0 Å². The second kappa shape index (κ2) is 8.07. The summed E-state index contributed by atoms with van der Waals surface area (Å²) in [4.78, 5) is 31.6. The van der Waals surface area contributed by atoms with Crippen LogP contribution in [0.1, 0.15) is 31.1 Å². The van der Waals surface area contributed by atoms with Gasteiger partial charge in [0.1, 0.15) is 11.6 Å². The molecule has 1 saturated carbocycles. The number of anilines is 1. The van der Waals surface area contributed by atoms with Gasteiger partial charge in [-0.3, -0.25) is 4.79 Å². The van der Waals surface area contributed by atoms with Crippen molar-refractivity contribution < 1.29 is 23.2 Å². The molecule has 164 valence electrons. The maximum absolute atomic E-state index is 13.2. The van der Waals surface area contributed by atoms with Gasteiger partial charge in [-0.2, -0.15) is 4.98 Å². The van der Waals surface area contributed by atoms with E-state index >= 15 is 0 Å². The van der Waals surface area contributed by atoms with Crippen LogP contribution in [0.3, 0.4) is 0 Å². The molecule has 9 heteroatoms. The van der Waals surface area contributed by atoms with Crippen molar-refractivity contribution in [1.29, 1.82) is 0 Å². The number of benzene rings is 2. The maximum Gasteiger partial charge on any atom is 0.328 e. The van der Waals surface area contributed by atoms with E-state index in [1.807, 2.05) is 0 Å². The molecule has 3 unspecified atom stereocenters. The van der Waals surface area contributed by atoms with E-state index in [1.54, 1.807) is 43.5 Å². The second-order valence-corrected chi connectivity index (χ2v) is 8.01. The Labute approximate surface area is 183 Å². The quantitative estimate of drug-likeness (QED) is 0.666. The fourth-order valence-corrected chi connectivity index (χ4v) is 4.43. The van der Waals surface area contributed by atoms with Gasteiger partial charge < -0.3 is 14.6 Å². The number of hydrogen-bond acceptors (Lipinski definition) is 6. The molecule has 3 amide bonds. The number of carbonyl (C=O) groups excluding carboxylic acids is 2. The van der Waals surface area contributed by atoms with Crippen molar-refractivity contribution in [1.82, 2.24) is 15.5 Å². The van der Waals surface area contributed by atoms with E-state index in [9.17, 15) is 14.0 Å². The predicted molar refractivity (Wildman–Crippen MR) is 113 cm³/mol. The highest BCUT2D eigenvalue weighted by Crippen LogP contribution is 2.39. The Bertz CT molecular complexity index is 1150. The summed E-state index contributed by atoms with van der Waals surface area (Å²) >= 11 is 0. The molecular weight excluding hydrogens is 415 g/mol. The number of rotatable bonds is 4. The number of amides is 3. The fourth-order valence-electron chi connectivity index (χ4n) is 4.43. The summed E-state index contributed by atoms with van der Waals surface area (Å²) < 4.78 is 23.8. The minimum atomic E-state index is -0.445. The zero-order chi connectivity index (χ0) is 22.2. The van der Waals surface area contributed by atoms with Crippen LogP contribution in [0.4, 0.5) is 14.9 Å². The number of halogens is 1. The molecule has 0 bridgehead atoms. The van der Waals surface area contributed by atoms with Crippen molar-refractivity contribution in [3.8, 4) is 17.1 Å². The van der Waals surface area contributed by atoms with E-state index in [1.165, 1.54) is 17.0 Å². The first-order valence-corrected chi connectivity index (χ1v) is 10.4.